The summed E-state index contributed by atoms with van der Waals surface area (Å²) in [4.78, 5) is 12.9. The van der Waals surface area contributed by atoms with Gasteiger partial charge in [0, 0.05) is 11.1 Å². The Bertz CT molecular complexity index is 647. The van der Waals surface area contributed by atoms with Gasteiger partial charge in [-0.2, -0.15) is 0 Å². The Labute approximate surface area is 121 Å². The van der Waals surface area contributed by atoms with Crippen LogP contribution in [-0.4, -0.2) is 5.78 Å². The molecular formula is C19H22O. The predicted molar refractivity (Wildman–Crippen MR) is 84.7 cm³/mol. The number of benzene rings is 2. The van der Waals surface area contributed by atoms with Crippen LogP contribution in [-0.2, 0) is 0 Å². The van der Waals surface area contributed by atoms with E-state index in [4.69, 9.17) is 0 Å². The SMILES string of the molecule is Cc1cc(C)cc(C(=O)c2c(C)c(C)cc(C)c2C)c1. The molecule has 1 heteroatoms. The number of carbonyl (C=O) groups is 1. The van der Waals surface area contributed by atoms with E-state index in [0.29, 0.717) is 0 Å². The van der Waals surface area contributed by atoms with E-state index in [1.165, 1.54) is 11.1 Å². The fourth-order valence-corrected chi connectivity index (χ4v) is 2.81. The van der Waals surface area contributed by atoms with E-state index in [0.717, 1.165) is 33.4 Å². The Morgan fingerprint density at radius 1 is 0.700 bits per heavy atom. The van der Waals surface area contributed by atoms with E-state index >= 15 is 0 Å². The normalized spacial score (nSPS) is 10.7. The first-order chi connectivity index (χ1) is 9.31. The third-order valence-electron chi connectivity index (χ3n) is 4.08. The molecule has 0 aliphatic rings. The average molecular weight is 266 g/mol. The third-order valence-corrected chi connectivity index (χ3v) is 4.08. The molecule has 0 bridgehead atoms. The van der Waals surface area contributed by atoms with Gasteiger partial charge in [0.05, 0.1) is 0 Å². The van der Waals surface area contributed by atoms with Crippen molar-refractivity contribution in [2.75, 3.05) is 0 Å². The minimum Gasteiger partial charge on any atom is -0.289 e. The molecule has 2 aromatic carbocycles. The summed E-state index contributed by atoms with van der Waals surface area (Å²) in [5.74, 6) is 0.138. The molecule has 0 saturated heterocycles. The van der Waals surface area contributed by atoms with Crippen LogP contribution in [0.1, 0.15) is 49.3 Å². The Balaban J connectivity index is 2.65. The first-order valence-electron chi connectivity index (χ1n) is 7.01. The van der Waals surface area contributed by atoms with Gasteiger partial charge in [-0.25, -0.2) is 0 Å². The van der Waals surface area contributed by atoms with Crippen molar-refractivity contribution in [2.24, 2.45) is 0 Å². The molecule has 0 atom stereocenters. The van der Waals surface area contributed by atoms with Crippen LogP contribution in [0.2, 0.25) is 0 Å². The van der Waals surface area contributed by atoms with E-state index in [2.05, 4.69) is 26.0 Å². The molecule has 0 aliphatic carbocycles. The van der Waals surface area contributed by atoms with E-state index in [9.17, 15) is 4.79 Å². The molecule has 0 saturated carbocycles. The summed E-state index contributed by atoms with van der Waals surface area (Å²) < 4.78 is 0. The zero-order valence-corrected chi connectivity index (χ0v) is 13.2. The van der Waals surface area contributed by atoms with Crippen LogP contribution in [0.4, 0.5) is 0 Å². The molecule has 0 unspecified atom stereocenters. The highest BCUT2D eigenvalue weighted by atomic mass is 16.1. The van der Waals surface area contributed by atoms with Crippen molar-refractivity contribution >= 4 is 5.78 Å². The lowest BCUT2D eigenvalue weighted by Gasteiger charge is -2.15. The van der Waals surface area contributed by atoms with Gasteiger partial charge in [0.25, 0.3) is 0 Å². The Hall–Kier alpha value is -1.89. The van der Waals surface area contributed by atoms with Crippen molar-refractivity contribution < 1.29 is 4.79 Å². The van der Waals surface area contributed by atoms with E-state index < -0.39 is 0 Å². The summed E-state index contributed by atoms with van der Waals surface area (Å²) in [6.07, 6.45) is 0. The molecule has 0 radical (unpaired) electrons. The highest BCUT2D eigenvalue weighted by Crippen LogP contribution is 2.25. The second-order valence-electron chi connectivity index (χ2n) is 5.84. The fourth-order valence-electron chi connectivity index (χ4n) is 2.81. The average Bonchev–Trinajstić information content (AvgIpc) is 2.35. The summed E-state index contributed by atoms with van der Waals surface area (Å²) in [6, 6.07) is 8.21. The lowest BCUT2D eigenvalue weighted by molar-refractivity contribution is 0.103. The summed E-state index contributed by atoms with van der Waals surface area (Å²) in [5, 5.41) is 0. The van der Waals surface area contributed by atoms with Crippen LogP contribution < -0.4 is 0 Å². The van der Waals surface area contributed by atoms with Crippen LogP contribution in [0.25, 0.3) is 0 Å². The molecule has 1 nitrogen and oxygen atoms in total. The van der Waals surface area contributed by atoms with Gasteiger partial charge in [0.2, 0.25) is 0 Å². The lowest BCUT2D eigenvalue weighted by atomic mass is 9.88. The minimum absolute atomic E-state index is 0.138. The number of carbonyl (C=O) groups excluding carboxylic acids is 1. The smallest absolute Gasteiger partial charge is 0.193 e. The number of hydrogen-bond acceptors (Lipinski definition) is 1. The minimum atomic E-state index is 0.138. The number of rotatable bonds is 2. The maximum absolute atomic E-state index is 12.9. The molecule has 0 spiro atoms. The first kappa shape index (κ1) is 14.5. The van der Waals surface area contributed by atoms with Gasteiger partial charge in [0.15, 0.2) is 5.78 Å². The van der Waals surface area contributed by atoms with Crippen molar-refractivity contribution in [2.45, 2.75) is 41.5 Å². The number of aryl methyl sites for hydroxylation is 4. The van der Waals surface area contributed by atoms with Crippen LogP contribution in [0, 0.1) is 41.5 Å². The van der Waals surface area contributed by atoms with Crippen molar-refractivity contribution in [3.05, 3.63) is 68.8 Å². The largest absolute Gasteiger partial charge is 0.289 e. The predicted octanol–water partition coefficient (Wildman–Crippen LogP) is 4.77. The highest BCUT2D eigenvalue weighted by Gasteiger charge is 2.17. The van der Waals surface area contributed by atoms with Crippen molar-refractivity contribution in [1.29, 1.82) is 0 Å². The van der Waals surface area contributed by atoms with Gasteiger partial charge < -0.3 is 0 Å². The van der Waals surface area contributed by atoms with Crippen LogP contribution >= 0.6 is 0 Å². The Kier molecular flexibility index (Phi) is 3.80. The van der Waals surface area contributed by atoms with Crippen LogP contribution in [0.3, 0.4) is 0 Å². The van der Waals surface area contributed by atoms with Gasteiger partial charge in [-0.1, -0.05) is 23.3 Å². The monoisotopic (exact) mass is 266 g/mol. The second kappa shape index (κ2) is 5.24. The van der Waals surface area contributed by atoms with Gasteiger partial charge in [-0.05, 0) is 75.9 Å². The Morgan fingerprint density at radius 2 is 1.15 bits per heavy atom. The zero-order chi connectivity index (χ0) is 15.0. The maximum atomic E-state index is 12.9. The second-order valence-corrected chi connectivity index (χ2v) is 5.84. The number of hydrogen-bond donors (Lipinski definition) is 0. The van der Waals surface area contributed by atoms with E-state index in [-0.39, 0.29) is 5.78 Å². The van der Waals surface area contributed by atoms with Gasteiger partial charge in [-0.15, -0.1) is 0 Å². The highest BCUT2D eigenvalue weighted by molar-refractivity contribution is 6.11. The topological polar surface area (TPSA) is 17.1 Å². The molecule has 2 rings (SSSR count). The van der Waals surface area contributed by atoms with Crippen molar-refractivity contribution in [3.8, 4) is 0 Å². The third kappa shape index (κ3) is 2.53. The summed E-state index contributed by atoms with van der Waals surface area (Å²) in [7, 11) is 0. The summed E-state index contributed by atoms with van der Waals surface area (Å²) >= 11 is 0. The van der Waals surface area contributed by atoms with E-state index in [1.807, 2.05) is 39.8 Å². The molecule has 0 aromatic heterocycles. The summed E-state index contributed by atoms with van der Waals surface area (Å²) in [6.45, 7) is 12.3. The zero-order valence-electron chi connectivity index (χ0n) is 13.2. The molecule has 0 fully saturated rings. The molecular weight excluding hydrogens is 244 g/mol. The first-order valence-corrected chi connectivity index (χ1v) is 7.01. The van der Waals surface area contributed by atoms with Crippen molar-refractivity contribution in [1.82, 2.24) is 0 Å². The van der Waals surface area contributed by atoms with Gasteiger partial charge in [0.1, 0.15) is 0 Å². The molecule has 0 amide bonds. The molecule has 20 heavy (non-hydrogen) atoms. The maximum Gasteiger partial charge on any atom is 0.193 e. The standard InChI is InChI=1S/C19H22O/c1-11-7-12(2)9-17(8-11)19(20)18-15(5)13(3)10-14(4)16(18)6/h7-10H,1-6H3. The summed E-state index contributed by atoms with van der Waals surface area (Å²) in [5.41, 5.74) is 8.48. The number of ketones is 1. The molecule has 0 N–H and O–H groups in total. The van der Waals surface area contributed by atoms with Crippen LogP contribution in [0.15, 0.2) is 24.3 Å². The molecule has 2 aromatic rings. The van der Waals surface area contributed by atoms with Gasteiger partial charge >= 0.3 is 0 Å². The fraction of sp³-hybridized carbons (Fsp3) is 0.316. The molecule has 104 valence electrons. The van der Waals surface area contributed by atoms with E-state index in [1.54, 1.807) is 0 Å². The lowest BCUT2D eigenvalue weighted by Crippen LogP contribution is -2.09. The molecule has 0 aliphatic heterocycles. The molecule has 0 heterocycles. The van der Waals surface area contributed by atoms with Crippen molar-refractivity contribution in [3.63, 3.8) is 0 Å². The van der Waals surface area contributed by atoms with Crippen LogP contribution in [0.5, 0.6) is 0 Å². The van der Waals surface area contributed by atoms with Gasteiger partial charge in [-0.3, -0.25) is 4.79 Å². The Morgan fingerprint density at radius 3 is 1.60 bits per heavy atom. The quantitative estimate of drug-likeness (QED) is 0.716.